The minimum Gasteiger partial charge on any atom is -0.483 e. The first-order valence-electron chi connectivity index (χ1n) is 9.13. The van der Waals surface area contributed by atoms with E-state index >= 15 is 0 Å². The summed E-state index contributed by atoms with van der Waals surface area (Å²) in [7, 11) is 0. The molecule has 4 aliphatic rings. The van der Waals surface area contributed by atoms with Crippen LogP contribution in [0.4, 0.5) is 0 Å². The van der Waals surface area contributed by atoms with Crippen LogP contribution < -0.4 is 10.1 Å². The van der Waals surface area contributed by atoms with Crippen molar-refractivity contribution in [3.05, 3.63) is 27.7 Å². The molecule has 1 amide bonds. The lowest BCUT2D eigenvalue weighted by Crippen LogP contribution is -2.60. The topological polar surface area (TPSA) is 38.3 Å². The Morgan fingerprint density at radius 1 is 1.12 bits per heavy atom. The molecule has 0 spiro atoms. The molecular formula is C20H26BrNO2. The van der Waals surface area contributed by atoms with E-state index < -0.39 is 0 Å². The molecule has 1 aromatic rings. The molecule has 0 atom stereocenters. The summed E-state index contributed by atoms with van der Waals surface area (Å²) in [5, 5.41) is 3.37. The Hall–Kier alpha value is -1.03. The maximum Gasteiger partial charge on any atom is 0.258 e. The van der Waals surface area contributed by atoms with Gasteiger partial charge in [-0.3, -0.25) is 4.79 Å². The van der Waals surface area contributed by atoms with Gasteiger partial charge in [0.1, 0.15) is 5.75 Å². The van der Waals surface area contributed by atoms with Crippen molar-refractivity contribution >= 4 is 21.8 Å². The van der Waals surface area contributed by atoms with E-state index in [0.29, 0.717) is 0 Å². The molecule has 4 heteroatoms. The molecule has 1 N–H and O–H groups in total. The second-order valence-electron chi connectivity index (χ2n) is 8.40. The fourth-order valence-corrected chi connectivity index (χ4v) is 6.11. The van der Waals surface area contributed by atoms with Crippen LogP contribution in [0.1, 0.15) is 49.7 Å². The molecule has 0 aromatic heterocycles. The van der Waals surface area contributed by atoms with E-state index in [-0.39, 0.29) is 18.1 Å². The Balaban J connectivity index is 1.38. The minimum atomic E-state index is 0.0388. The van der Waals surface area contributed by atoms with E-state index in [1.807, 2.05) is 26.0 Å². The fraction of sp³-hybridized carbons (Fsp3) is 0.650. The second kappa shape index (κ2) is 6.05. The highest BCUT2D eigenvalue weighted by atomic mass is 79.9. The number of hydrogen-bond donors (Lipinski definition) is 1. The van der Waals surface area contributed by atoms with Crippen molar-refractivity contribution in [2.24, 2.45) is 17.8 Å². The summed E-state index contributed by atoms with van der Waals surface area (Å²) in [4.78, 5) is 12.5. The molecule has 0 saturated heterocycles. The number of amides is 1. The van der Waals surface area contributed by atoms with Crippen LogP contribution in [0.25, 0.3) is 0 Å². The number of rotatable bonds is 4. The van der Waals surface area contributed by atoms with Gasteiger partial charge in [0.2, 0.25) is 0 Å². The zero-order valence-electron chi connectivity index (χ0n) is 14.5. The van der Waals surface area contributed by atoms with Crippen LogP contribution in [-0.4, -0.2) is 18.1 Å². The molecule has 3 nitrogen and oxygen atoms in total. The summed E-state index contributed by atoms with van der Waals surface area (Å²) in [5.41, 5.74) is 2.24. The van der Waals surface area contributed by atoms with Gasteiger partial charge in [-0.1, -0.05) is 15.9 Å². The lowest BCUT2D eigenvalue weighted by Gasteiger charge is -2.56. The standard InChI is InChI=1S/C20H26BrNO2/c1-12-4-18(13(2)3-17(12)21)24-11-19(23)22-20-8-14-5-15(9-20)7-16(6-14)10-20/h3-4,14-16H,5-11H2,1-2H3,(H,22,23). The quantitative estimate of drug-likeness (QED) is 0.818. The Morgan fingerprint density at radius 3 is 2.29 bits per heavy atom. The van der Waals surface area contributed by atoms with Gasteiger partial charge in [0.25, 0.3) is 5.91 Å². The normalized spacial score (nSPS) is 33.5. The van der Waals surface area contributed by atoms with Crippen LogP contribution in [0.2, 0.25) is 0 Å². The molecule has 0 radical (unpaired) electrons. The monoisotopic (exact) mass is 391 g/mol. The van der Waals surface area contributed by atoms with E-state index in [1.165, 1.54) is 38.5 Å². The summed E-state index contributed by atoms with van der Waals surface area (Å²) < 4.78 is 6.89. The fourth-order valence-electron chi connectivity index (χ4n) is 5.65. The maximum absolute atomic E-state index is 12.5. The highest BCUT2D eigenvalue weighted by Gasteiger charge is 2.51. The van der Waals surface area contributed by atoms with Crippen molar-refractivity contribution in [3.8, 4) is 5.75 Å². The lowest BCUT2D eigenvalue weighted by molar-refractivity contribution is -0.128. The first-order valence-corrected chi connectivity index (χ1v) is 9.92. The second-order valence-corrected chi connectivity index (χ2v) is 9.26. The van der Waals surface area contributed by atoms with Gasteiger partial charge in [0.15, 0.2) is 6.61 Å². The van der Waals surface area contributed by atoms with E-state index in [1.54, 1.807) is 0 Å². The number of aryl methyl sites for hydroxylation is 2. The minimum absolute atomic E-state index is 0.0388. The summed E-state index contributed by atoms with van der Waals surface area (Å²) in [5.74, 6) is 3.37. The van der Waals surface area contributed by atoms with Crippen molar-refractivity contribution in [2.75, 3.05) is 6.61 Å². The molecule has 24 heavy (non-hydrogen) atoms. The number of carbonyl (C=O) groups is 1. The number of benzene rings is 1. The predicted octanol–water partition coefficient (Wildman–Crippen LogP) is 4.53. The van der Waals surface area contributed by atoms with Crippen molar-refractivity contribution in [1.82, 2.24) is 5.32 Å². The van der Waals surface area contributed by atoms with E-state index in [2.05, 4.69) is 21.2 Å². The van der Waals surface area contributed by atoms with E-state index in [4.69, 9.17) is 4.74 Å². The van der Waals surface area contributed by atoms with Gasteiger partial charge in [0, 0.05) is 10.0 Å². The van der Waals surface area contributed by atoms with Crippen LogP contribution in [0, 0.1) is 31.6 Å². The van der Waals surface area contributed by atoms with Crippen molar-refractivity contribution < 1.29 is 9.53 Å². The highest BCUT2D eigenvalue weighted by molar-refractivity contribution is 9.10. The molecule has 4 fully saturated rings. The average molecular weight is 392 g/mol. The lowest BCUT2D eigenvalue weighted by atomic mass is 9.53. The molecule has 0 heterocycles. The number of halogens is 1. The Labute approximate surface area is 152 Å². The van der Waals surface area contributed by atoms with Crippen LogP contribution in [0.15, 0.2) is 16.6 Å². The number of ether oxygens (including phenoxy) is 1. The summed E-state index contributed by atoms with van der Waals surface area (Å²) in [6, 6.07) is 4.04. The zero-order valence-corrected chi connectivity index (χ0v) is 16.1. The van der Waals surface area contributed by atoms with Gasteiger partial charge in [-0.25, -0.2) is 0 Å². The Bertz CT molecular complexity index is 635. The van der Waals surface area contributed by atoms with Crippen molar-refractivity contribution in [3.63, 3.8) is 0 Å². The third-order valence-corrected chi connectivity index (χ3v) is 7.11. The smallest absolute Gasteiger partial charge is 0.258 e. The first kappa shape index (κ1) is 16.4. The molecule has 1 aromatic carbocycles. The molecule has 4 saturated carbocycles. The van der Waals surface area contributed by atoms with Gasteiger partial charge in [-0.15, -0.1) is 0 Å². The molecular weight excluding hydrogens is 366 g/mol. The van der Waals surface area contributed by atoms with E-state index in [0.717, 1.165) is 39.1 Å². The molecule has 130 valence electrons. The van der Waals surface area contributed by atoms with Crippen LogP contribution in [-0.2, 0) is 4.79 Å². The summed E-state index contributed by atoms with van der Waals surface area (Å²) in [6.07, 6.45) is 7.72. The Kier molecular flexibility index (Phi) is 4.14. The van der Waals surface area contributed by atoms with Gasteiger partial charge in [0.05, 0.1) is 0 Å². The molecule has 5 rings (SSSR count). The third-order valence-electron chi connectivity index (χ3n) is 6.26. The van der Waals surface area contributed by atoms with E-state index in [9.17, 15) is 4.79 Å². The zero-order chi connectivity index (χ0) is 16.9. The van der Waals surface area contributed by atoms with Gasteiger partial charge in [-0.2, -0.15) is 0 Å². The molecule has 4 bridgehead atoms. The first-order chi connectivity index (χ1) is 11.4. The predicted molar refractivity (Wildman–Crippen MR) is 98.2 cm³/mol. The van der Waals surface area contributed by atoms with Gasteiger partial charge >= 0.3 is 0 Å². The summed E-state index contributed by atoms with van der Waals surface area (Å²) >= 11 is 3.53. The van der Waals surface area contributed by atoms with Crippen molar-refractivity contribution in [2.45, 2.75) is 57.9 Å². The number of carbonyl (C=O) groups excluding carboxylic acids is 1. The largest absolute Gasteiger partial charge is 0.483 e. The molecule has 0 aliphatic heterocycles. The number of nitrogens with one attached hydrogen (secondary N) is 1. The van der Waals surface area contributed by atoms with Crippen LogP contribution >= 0.6 is 15.9 Å². The summed E-state index contributed by atoms with van der Waals surface area (Å²) in [6.45, 7) is 4.16. The number of hydrogen-bond acceptors (Lipinski definition) is 2. The average Bonchev–Trinajstić information content (AvgIpc) is 2.47. The maximum atomic E-state index is 12.5. The van der Waals surface area contributed by atoms with Gasteiger partial charge in [-0.05, 0) is 93.4 Å². The van der Waals surface area contributed by atoms with Gasteiger partial charge < -0.3 is 10.1 Å². The highest BCUT2D eigenvalue weighted by Crippen LogP contribution is 2.55. The SMILES string of the molecule is Cc1cc(OCC(=O)NC23CC4CC(CC(C4)C2)C3)c(C)cc1Br. The van der Waals surface area contributed by atoms with Crippen molar-refractivity contribution in [1.29, 1.82) is 0 Å². The Morgan fingerprint density at radius 2 is 1.71 bits per heavy atom. The third kappa shape index (κ3) is 3.10. The molecule has 0 unspecified atom stereocenters. The van der Waals surface area contributed by atoms with Crippen LogP contribution in [0.3, 0.4) is 0 Å². The van der Waals surface area contributed by atoms with Crippen LogP contribution in [0.5, 0.6) is 5.75 Å². The molecule has 4 aliphatic carbocycles.